The van der Waals surface area contributed by atoms with Gasteiger partial charge in [-0.15, -0.1) is 0 Å². The minimum absolute atomic E-state index is 0.0396. The normalized spacial score (nSPS) is 15.1. The van der Waals surface area contributed by atoms with Gasteiger partial charge in [0.2, 0.25) is 15.9 Å². The van der Waals surface area contributed by atoms with Crippen molar-refractivity contribution in [1.82, 2.24) is 19.8 Å². The highest BCUT2D eigenvalue weighted by atomic mass is 32.2. The van der Waals surface area contributed by atoms with E-state index < -0.39 is 34.5 Å². The van der Waals surface area contributed by atoms with Crippen LogP contribution in [0.5, 0.6) is 0 Å². The number of nitrogens with zero attached hydrogens (tertiary/aromatic N) is 2. The molecular weight excluding hydrogens is 625 g/mol. The molecule has 1 heterocycles. The van der Waals surface area contributed by atoms with E-state index >= 15 is 0 Å². The Balaban J connectivity index is 1.39. The van der Waals surface area contributed by atoms with Gasteiger partial charge in [-0.1, -0.05) is 62.7 Å². The fourth-order valence-corrected chi connectivity index (χ4v) is 7.54. The number of nitrogen functional groups attached to an aromatic ring is 1. The summed E-state index contributed by atoms with van der Waals surface area (Å²) in [4.78, 5) is 28.1. The van der Waals surface area contributed by atoms with Gasteiger partial charge in [-0.05, 0) is 53.3 Å². The van der Waals surface area contributed by atoms with E-state index in [-0.39, 0.29) is 35.0 Å². The highest BCUT2D eigenvalue weighted by molar-refractivity contribution is 7.89. The van der Waals surface area contributed by atoms with Crippen molar-refractivity contribution in [2.45, 2.75) is 56.5 Å². The van der Waals surface area contributed by atoms with Crippen LogP contribution in [0.2, 0.25) is 0 Å². The third-order valence-corrected chi connectivity index (χ3v) is 10.1. The van der Waals surface area contributed by atoms with Crippen LogP contribution in [-0.4, -0.2) is 92.8 Å². The Kier molecular flexibility index (Phi) is 12.9. The largest absolute Gasteiger partial charge is 0.396 e. The molecule has 0 aromatic heterocycles. The standard InChI is InChI=1S/C34H46FN5O6S/c1-24(2)22-40(47(44,45)28-13-14-30(35)31(36)21-28)27(23-41)11-5-6-15-37-33(42)32(38-34(43)39-16-18-46-19-17-39)20-26-10-7-9-25-8-3-4-12-29(25)26/h3-4,7-10,12-14,21,24,27,32,41H,5-6,11,15-20,22-23,36H2,1-2H3,(H,37,42)(H,38,43)/t27-,32-/m0/s1. The van der Waals surface area contributed by atoms with Crippen LogP contribution in [0, 0.1) is 11.7 Å². The smallest absolute Gasteiger partial charge is 0.318 e. The van der Waals surface area contributed by atoms with Crippen LogP contribution in [0.3, 0.4) is 0 Å². The summed E-state index contributed by atoms with van der Waals surface area (Å²) in [6.45, 7) is 5.55. The predicted molar refractivity (Wildman–Crippen MR) is 180 cm³/mol. The number of nitrogens with one attached hydrogen (secondary N) is 2. The van der Waals surface area contributed by atoms with Crippen molar-refractivity contribution in [2.75, 3.05) is 51.7 Å². The van der Waals surface area contributed by atoms with Crippen molar-refractivity contribution in [3.8, 4) is 0 Å². The Morgan fingerprint density at radius 1 is 1.06 bits per heavy atom. The maximum Gasteiger partial charge on any atom is 0.318 e. The molecule has 2 atom stereocenters. The molecule has 13 heteroatoms. The lowest BCUT2D eigenvalue weighted by Gasteiger charge is -2.31. The molecule has 256 valence electrons. The van der Waals surface area contributed by atoms with E-state index in [0.29, 0.717) is 58.5 Å². The molecule has 0 spiro atoms. The second-order valence-electron chi connectivity index (χ2n) is 12.2. The van der Waals surface area contributed by atoms with E-state index in [1.807, 2.05) is 56.3 Å². The predicted octanol–water partition coefficient (Wildman–Crippen LogP) is 3.51. The Morgan fingerprint density at radius 2 is 1.79 bits per heavy atom. The van der Waals surface area contributed by atoms with Gasteiger partial charge in [-0.3, -0.25) is 4.79 Å². The first kappa shape index (κ1) is 36.1. The Morgan fingerprint density at radius 3 is 2.49 bits per heavy atom. The molecule has 3 aromatic rings. The molecule has 47 heavy (non-hydrogen) atoms. The number of ether oxygens (including phenoxy) is 1. The number of urea groups is 1. The Bertz CT molecular complexity index is 1610. The first-order valence-corrected chi connectivity index (χ1v) is 17.5. The number of carbonyl (C=O) groups is 2. The van der Waals surface area contributed by atoms with Gasteiger partial charge in [-0.2, -0.15) is 4.31 Å². The number of rotatable bonds is 15. The SMILES string of the molecule is CC(C)CN([C@H](CO)CCCCNC(=O)[C@H](Cc1cccc2ccccc12)NC(=O)N1CCOCC1)S(=O)(=O)c1ccc(F)c(N)c1. The summed E-state index contributed by atoms with van der Waals surface area (Å²) in [5, 5.41) is 18.1. The van der Waals surface area contributed by atoms with Gasteiger partial charge in [-0.25, -0.2) is 17.6 Å². The zero-order valence-corrected chi connectivity index (χ0v) is 27.8. The molecule has 1 fully saturated rings. The fraction of sp³-hybridized carbons (Fsp3) is 0.471. The summed E-state index contributed by atoms with van der Waals surface area (Å²) in [6.07, 6.45) is 1.66. The molecule has 0 bridgehead atoms. The highest BCUT2D eigenvalue weighted by Crippen LogP contribution is 2.25. The van der Waals surface area contributed by atoms with Crippen molar-refractivity contribution in [1.29, 1.82) is 0 Å². The van der Waals surface area contributed by atoms with Crippen LogP contribution in [0.15, 0.2) is 65.6 Å². The van der Waals surface area contributed by atoms with Crippen LogP contribution in [-0.2, 0) is 26.0 Å². The Labute approximate surface area is 276 Å². The molecule has 5 N–H and O–H groups in total. The van der Waals surface area contributed by atoms with Gasteiger partial charge >= 0.3 is 6.03 Å². The molecule has 1 aliphatic rings. The second-order valence-corrected chi connectivity index (χ2v) is 14.1. The number of carbonyl (C=O) groups excluding carboxylic acids is 2. The van der Waals surface area contributed by atoms with E-state index in [2.05, 4.69) is 10.6 Å². The third kappa shape index (κ3) is 9.63. The number of anilines is 1. The molecule has 0 unspecified atom stereocenters. The van der Waals surface area contributed by atoms with Crippen molar-refractivity contribution in [3.63, 3.8) is 0 Å². The molecule has 0 aliphatic carbocycles. The lowest BCUT2D eigenvalue weighted by atomic mass is 9.98. The summed E-state index contributed by atoms with van der Waals surface area (Å²) >= 11 is 0. The highest BCUT2D eigenvalue weighted by Gasteiger charge is 2.32. The van der Waals surface area contributed by atoms with Crippen LogP contribution in [0.4, 0.5) is 14.9 Å². The number of nitrogens with two attached hydrogens (primary N) is 1. The zero-order chi connectivity index (χ0) is 34.0. The van der Waals surface area contributed by atoms with Gasteiger partial charge in [0.05, 0.1) is 30.4 Å². The molecule has 3 amide bonds. The summed E-state index contributed by atoms with van der Waals surface area (Å²) in [7, 11) is -4.08. The second kappa shape index (κ2) is 16.9. The number of unbranched alkanes of at least 4 members (excludes halogenated alkanes) is 1. The molecule has 4 rings (SSSR count). The monoisotopic (exact) mass is 671 g/mol. The summed E-state index contributed by atoms with van der Waals surface area (Å²) in [5.74, 6) is -1.07. The first-order valence-electron chi connectivity index (χ1n) is 16.1. The van der Waals surface area contributed by atoms with Crippen molar-refractivity contribution in [2.24, 2.45) is 5.92 Å². The summed E-state index contributed by atoms with van der Waals surface area (Å²) < 4.78 is 47.5. The van der Waals surface area contributed by atoms with Gasteiger partial charge in [0.15, 0.2) is 0 Å². The molecule has 11 nitrogen and oxygen atoms in total. The zero-order valence-electron chi connectivity index (χ0n) is 27.0. The van der Waals surface area contributed by atoms with E-state index in [9.17, 15) is 27.5 Å². The van der Waals surface area contributed by atoms with Gasteiger partial charge < -0.3 is 31.1 Å². The average molecular weight is 672 g/mol. The first-order chi connectivity index (χ1) is 22.5. The molecule has 3 aromatic carbocycles. The quantitative estimate of drug-likeness (QED) is 0.142. The number of hydrogen-bond acceptors (Lipinski definition) is 7. The van der Waals surface area contributed by atoms with Crippen LogP contribution in [0.1, 0.15) is 38.7 Å². The number of aliphatic hydroxyl groups excluding tert-OH is 1. The van der Waals surface area contributed by atoms with Crippen molar-refractivity contribution < 1.29 is 32.2 Å². The summed E-state index contributed by atoms with van der Waals surface area (Å²) in [6, 6.07) is 15.2. The third-order valence-electron chi connectivity index (χ3n) is 8.22. The van der Waals surface area contributed by atoms with Crippen molar-refractivity contribution >= 4 is 38.4 Å². The number of amides is 3. The molecule has 0 radical (unpaired) electrons. The molecule has 0 saturated carbocycles. The molecular formula is C34H46FN5O6S. The van der Waals surface area contributed by atoms with Crippen LogP contribution in [0.25, 0.3) is 10.8 Å². The number of hydrogen-bond donors (Lipinski definition) is 4. The van der Waals surface area contributed by atoms with E-state index in [1.54, 1.807) is 4.90 Å². The number of halogens is 1. The van der Waals surface area contributed by atoms with Crippen LogP contribution < -0.4 is 16.4 Å². The average Bonchev–Trinajstić information content (AvgIpc) is 3.06. The number of aliphatic hydroxyl groups is 1. The van der Waals surface area contributed by atoms with Crippen molar-refractivity contribution in [3.05, 3.63) is 72.0 Å². The number of sulfonamides is 1. The van der Waals surface area contributed by atoms with E-state index in [1.165, 1.54) is 10.4 Å². The van der Waals surface area contributed by atoms with Gasteiger partial charge in [0.1, 0.15) is 11.9 Å². The number of morpholine rings is 1. The minimum atomic E-state index is -4.08. The lowest BCUT2D eigenvalue weighted by Crippen LogP contribution is -2.54. The fourth-order valence-electron chi connectivity index (χ4n) is 5.69. The van der Waals surface area contributed by atoms with Gasteiger partial charge in [0.25, 0.3) is 0 Å². The Hall–Kier alpha value is -3.78. The van der Waals surface area contributed by atoms with E-state index in [4.69, 9.17) is 10.5 Å². The number of benzene rings is 3. The summed E-state index contributed by atoms with van der Waals surface area (Å²) in [5.41, 5.74) is 6.31. The molecule has 1 aliphatic heterocycles. The lowest BCUT2D eigenvalue weighted by molar-refractivity contribution is -0.123. The molecule has 1 saturated heterocycles. The number of fused-ring (bicyclic) bond motifs is 1. The maximum atomic E-state index is 13.8. The maximum absolute atomic E-state index is 13.8. The minimum Gasteiger partial charge on any atom is -0.396 e. The topological polar surface area (TPSA) is 154 Å². The van der Waals surface area contributed by atoms with Crippen LogP contribution >= 0.6 is 0 Å². The van der Waals surface area contributed by atoms with Gasteiger partial charge in [0, 0.05) is 38.6 Å². The van der Waals surface area contributed by atoms with E-state index in [0.717, 1.165) is 28.5 Å².